The van der Waals surface area contributed by atoms with Gasteiger partial charge in [-0.25, -0.2) is 4.39 Å². The van der Waals surface area contributed by atoms with Crippen LogP contribution in [0, 0.1) is 11.3 Å². The predicted molar refractivity (Wildman–Crippen MR) is 71.9 cm³/mol. The van der Waals surface area contributed by atoms with Gasteiger partial charge in [0, 0.05) is 0 Å². The molecule has 0 saturated carbocycles. The molecule has 0 bridgehead atoms. The molecule has 0 spiro atoms. The fourth-order valence-electron chi connectivity index (χ4n) is 1.68. The largest absolute Gasteiger partial charge is 0.408 e. The van der Waals surface area contributed by atoms with Gasteiger partial charge in [0.2, 0.25) is 0 Å². The monoisotopic (exact) mass is 287 g/mol. The Hall–Kier alpha value is -0.773. The van der Waals surface area contributed by atoms with Crippen LogP contribution in [0.3, 0.4) is 0 Å². The van der Waals surface area contributed by atoms with Crippen molar-refractivity contribution in [2.24, 2.45) is 0 Å². The summed E-state index contributed by atoms with van der Waals surface area (Å²) in [5.74, 6) is -0.503. The number of nitriles is 1. The van der Waals surface area contributed by atoms with Crippen LogP contribution in [0.5, 0.6) is 0 Å². The first-order valence-electron chi connectivity index (χ1n) is 6.43. The molecule has 1 fully saturated rings. The third-order valence-corrected chi connectivity index (χ3v) is 8.41. The number of rotatable bonds is 4. The average molecular weight is 287 g/mol. The first-order valence-corrected chi connectivity index (χ1v) is 9.34. The number of halogens is 1. The maximum absolute atomic E-state index is 14.2. The summed E-state index contributed by atoms with van der Waals surface area (Å²) in [6.45, 7) is 10.4. The van der Waals surface area contributed by atoms with Crippen LogP contribution in [-0.4, -0.2) is 39.1 Å². The fourth-order valence-corrected chi connectivity index (χ4v) is 2.99. The maximum Gasteiger partial charge on any atom is 0.192 e. The summed E-state index contributed by atoms with van der Waals surface area (Å²) < 4.78 is 25.3. The molecule has 3 atom stereocenters. The van der Waals surface area contributed by atoms with Crippen molar-refractivity contribution in [1.82, 2.24) is 0 Å². The Balaban J connectivity index is 2.69. The zero-order valence-corrected chi connectivity index (χ0v) is 13.2. The van der Waals surface area contributed by atoms with Crippen molar-refractivity contribution in [1.29, 1.82) is 5.26 Å². The van der Waals surface area contributed by atoms with Crippen molar-refractivity contribution in [2.45, 2.75) is 63.7 Å². The molecule has 1 unspecified atom stereocenters. The van der Waals surface area contributed by atoms with Crippen LogP contribution in [0.2, 0.25) is 18.1 Å². The van der Waals surface area contributed by atoms with E-state index in [1.54, 1.807) is 6.07 Å². The van der Waals surface area contributed by atoms with E-state index in [4.69, 9.17) is 14.4 Å². The summed E-state index contributed by atoms with van der Waals surface area (Å²) in [6.07, 6.45) is -3.64. The predicted octanol–water partition coefficient (Wildman–Crippen LogP) is 2.60. The number of carbonyl (C=O) groups is 1. The fraction of sp³-hybridized carbons (Fsp3) is 0.846. The van der Waals surface area contributed by atoms with E-state index >= 15 is 0 Å². The lowest BCUT2D eigenvalue weighted by Crippen LogP contribution is -2.47. The topological polar surface area (TPSA) is 59.3 Å². The van der Waals surface area contributed by atoms with E-state index in [1.165, 1.54) is 0 Å². The number of ether oxygens (including phenoxy) is 1. The molecular formula is C13H22FNO3Si. The molecule has 0 amide bonds. The summed E-state index contributed by atoms with van der Waals surface area (Å²) in [5, 5.41) is 8.44. The molecule has 0 aromatic heterocycles. The Bertz CT molecular complexity index is 386. The van der Waals surface area contributed by atoms with Crippen LogP contribution in [0.25, 0.3) is 0 Å². The molecule has 0 aromatic rings. The minimum atomic E-state index is -2.09. The van der Waals surface area contributed by atoms with E-state index in [-0.39, 0.29) is 18.1 Å². The Kier molecular flexibility index (Phi) is 4.88. The highest BCUT2D eigenvalue weighted by Gasteiger charge is 2.47. The summed E-state index contributed by atoms with van der Waals surface area (Å²) >= 11 is 0. The summed E-state index contributed by atoms with van der Waals surface area (Å²) in [4.78, 5) is 11.5. The molecule has 108 valence electrons. The van der Waals surface area contributed by atoms with Crippen molar-refractivity contribution in [3.05, 3.63) is 0 Å². The molecule has 0 radical (unpaired) electrons. The third kappa shape index (κ3) is 3.62. The van der Waals surface area contributed by atoms with Crippen LogP contribution >= 0.6 is 0 Å². The van der Waals surface area contributed by atoms with E-state index in [0.29, 0.717) is 0 Å². The second-order valence-corrected chi connectivity index (χ2v) is 11.2. The lowest BCUT2D eigenvalue weighted by atomic mass is 10.1. The third-order valence-electron chi connectivity index (χ3n) is 3.91. The van der Waals surface area contributed by atoms with Gasteiger partial charge in [0.1, 0.15) is 6.10 Å². The van der Waals surface area contributed by atoms with Crippen molar-refractivity contribution in [2.75, 3.05) is 6.61 Å². The van der Waals surface area contributed by atoms with Crippen LogP contribution < -0.4 is 0 Å². The Labute approximate surface area is 115 Å². The molecule has 1 rings (SSSR count). The Morgan fingerprint density at radius 1 is 1.53 bits per heavy atom. The number of alkyl halides is 1. The quantitative estimate of drug-likeness (QED) is 0.746. The second-order valence-electron chi connectivity index (χ2n) is 6.42. The molecule has 1 aliphatic rings. The highest BCUT2D eigenvalue weighted by molar-refractivity contribution is 6.74. The van der Waals surface area contributed by atoms with Gasteiger partial charge in [0.05, 0.1) is 19.1 Å². The smallest absolute Gasteiger partial charge is 0.192 e. The van der Waals surface area contributed by atoms with Gasteiger partial charge >= 0.3 is 0 Å². The number of Topliss-reactive ketones (excluding diaryl/α,β-unsaturated/α-hetero) is 1. The van der Waals surface area contributed by atoms with Crippen LogP contribution in [0.15, 0.2) is 0 Å². The molecule has 1 heterocycles. The highest BCUT2D eigenvalue weighted by atomic mass is 28.4. The van der Waals surface area contributed by atoms with Crippen LogP contribution in [0.4, 0.5) is 4.39 Å². The minimum absolute atomic E-state index is 0.0263. The van der Waals surface area contributed by atoms with E-state index in [9.17, 15) is 9.18 Å². The van der Waals surface area contributed by atoms with Crippen molar-refractivity contribution in [3.8, 4) is 6.07 Å². The molecule has 1 saturated heterocycles. The summed E-state index contributed by atoms with van der Waals surface area (Å²) in [7, 11) is -2.09. The number of carbonyl (C=O) groups excluding carboxylic acids is 1. The van der Waals surface area contributed by atoms with Gasteiger partial charge in [-0.05, 0) is 18.1 Å². The van der Waals surface area contributed by atoms with Gasteiger partial charge in [0.15, 0.2) is 26.4 Å². The highest BCUT2D eigenvalue weighted by Crippen LogP contribution is 2.39. The number of nitrogens with zero attached hydrogens (tertiary/aromatic N) is 1. The molecule has 1 aliphatic heterocycles. The van der Waals surface area contributed by atoms with Crippen molar-refractivity contribution < 1.29 is 18.3 Å². The van der Waals surface area contributed by atoms with E-state index in [1.807, 2.05) is 13.1 Å². The first kappa shape index (κ1) is 16.3. The maximum atomic E-state index is 14.2. The van der Waals surface area contributed by atoms with Crippen molar-refractivity contribution >= 4 is 14.1 Å². The summed E-state index contributed by atoms with van der Waals surface area (Å²) in [6, 6.07) is 1.72. The minimum Gasteiger partial charge on any atom is -0.408 e. The Morgan fingerprint density at radius 3 is 2.58 bits per heavy atom. The average Bonchev–Trinajstić information content (AvgIpc) is 2.59. The Morgan fingerprint density at radius 2 is 2.11 bits per heavy atom. The number of hydrogen-bond acceptors (Lipinski definition) is 4. The molecule has 0 aliphatic carbocycles. The van der Waals surface area contributed by atoms with Gasteiger partial charge in [0.25, 0.3) is 0 Å². The molecule has 0 aromatic carbocycles. The molecule has 0 N–H and O–H groups in total. The first-order chi connectivity index (χ1) is 8.60. The van der Waals surface area contributed by atoms with E-state index < -0.39 is 32.5 Å². The van der Waals surface area contributed by atoms with Gasteiger partial charge in [-0.2, -0.15) is 5.26 Å². The molecule has 4 nitrogen and oxygen atoms in total. The zero-order valence-electron chi connectivity index (χ0n) is 12.2. The SMILES string of the molecule is CC(C)(C)[Si](C)(C)OC1CO[C@@H](C(=O)CC#N)[C@H]1F. The van der Waals surface area contributed by atoms with E-state index in [2.05, 4.69) is 20.8 Å². The zero-order chi connectivity index (χ0) is 14.8. The molecular weight excluding hydrogens is 265 g/mol. The van der Waals surface area contributed by atoms with Crippen molar-refractivity contribution in [3.63, 3.8) is 0 Å². The number of hydrogen-bond donors (Lipinski definition) is 0. The van der Waals surface area contributed by atoms with Gasteiger partial charge in [-0.3, -0.25) is 4.79 Å². The number of ketones is 1. The normalized spacial score (nSPS) is 28.2. The van der Waals surface area contributed by atoms with Crippen LogP contribution in [0.1, 0.15) is 27.2 Å². The lowest BCUT2D eigenvalue weighted by molar-refractivity contribution is -0.128. The summed E-state index contributed by atoms with van der Waals surface area (Å²) in [5.41, 5.74) is 0. The second kappa shape index (κ2) is 5.69. The lowest BCUT2D eigenvalue weighted by Gasteiger charge is -2.38. The van der Waals surface area contributed by atoms with Crippen LogP contribution in [-0.2, 0) is 14.0 Å². The molecule has 19 heavy (non-hydrogen) atoms. The standard InChI is InChI=1S/C13H22FNO3Si/c1-13(2,3)19(4,5)18-10-8-17-12(11(10)14)9(16)6-7-15/h10-12H,6,8H2,1-5H3/t10?,11-,12-/m0/s1. The van der Waals surface area contributed by atoms with E-state index in [0.717, 1.165) is 0 Å². The van der Waals surface area contributed by atoms with Gasteiger partial charge in [-0.15, -0.1) is 0 Å². The van der Waals surface area contributed by atoms with Gasteiger partial charge in [-0.1, -0.05) is 20.8 Å². The molecule has 6 heteroatoms. The van der Waals surface area contributed by atoms with Gasteiger partial charge < -0.3 is 9.16 Å².